The third-order valence-electron chi connectivity index (χ3n) is 3.24. The van der Waals surface area contributed by atoms with Gasteiger partial charge in [0.15, 0.2) is 0 Å². The molecule has 4 nitrogen and oxygen atoms in total. The summed E-state index contributed by atoms with van der Waals surface area (Å²) in [5.41, 5.74) is 2.33. The zero-order chi connectivity index (χ0) is 15.8. The molecule has 1 aromatic rings. The predicted octanol–water partition coefficient (Wildman–Crippen LogP) is 2.89. The van der Waals surface area contributed by atoms with Crippen molar-refractivity contribution in [2.75, 3.05) is 13.1 Å². The minimum absolute atomic E-state index is 0.00288. The molecule has 1 aromatic carbocycles. The number of aryl methyl sites for hydroxylation is 2. The van der Waals surface area contributed by atoms with Gasteiger partial charge < -0.3 is 10.0 Å². The Labute approximate surface area is 126 Å². The Morgan fingerprint density at radius 2 is 1.95 bits per heavy atom. The number of carboxylic acids is 1. The van der Waals surface area contributed by atoms with Gasteiger partial charge in [0.2, 0.25) is 5.91 Å². The Bertz CT molecular complexity index is 483. The van der Waals surface area contributed by atoms with Gasteiger partial charge in [-0.25, -0.2) is 0 Å². The summed E-state index contributed by atoms with van der Waals surface area (Å²) in [5, 5.41) is 8.78. The Balaban J connectivity index is 2.56. The fraction of sp³-hybridized carbons (Fsp3) is 0.529. The van der Waals surface area contributed by atoms with Crippen molar-refractivity contribution in [1.29, 1.82) is 0 Å². The molecule has 0 heterocycles. The van der Waals surface area contributed by atoms with Crippen LogP contribution >= 0.6 is 0 Å². The second kappa shape index (κ2) is 8.45. The van der Waals surface area contributed by atoms with Crippen LogP contribution in [0.5, 0.6) is 0 Å². The molecule has 0 aliphatic carbocycles. The Hall–Kier alpha value is -1.84. The zero-order valence-electron chi connectivity index (χ0n) is 13.1. The van der Waals surface area contributed by atoms with E-state index in [0.717, 1.165) is 5.56 Å². The first-order chi connectivity index (χ1) is 9.88. The van der Waals surface area contributed by atoms with Crippen LogP contribution in [0.2, 0.25) is 0 Å². The van der Waals surface area contributed by atoms with E-state index in [0.29, 0.717) is 31.8 Å². The number of carbonyl (C=O) groups excluding carboxylic acids is 1. The summed E-state index contributed by atoms with van der Waals surface area (Å²) in [6.45, 7) is 6.99. The van der Waals surface area contributed by atoms with Crippen molar-refractivity contribution in [1.82, 2.24) is 4.90 Å². The van der Waals surface area contributed by atoms with Gasteiger partial charge >= 0.3 is 5.97 Å². The molecule has 0 aromatic heterocycles. The van der Waals surface area contributed by atoms with Gasteiger partial charge in [-0.3, -0.25) is 9.59 Å². The first kappa shape index (κ1) is 17.2. The van der Waals surface area contributed by atoms with Crippen LogP contribution < -0.4 is 0 Å². The number of amides is 1. The molecule has 21 heavy (non-hydrogen) atoms. The lowest BCUT2D eigenvalue weighted by atomic mass is 10.1. The molecule has 0 bridgehead atoms. The van der Waals surface area contributed by atoms with Crippen LogP contribution in [-0.2, 0) is 16.0 Å². The molecule has 0 unspecified atom stereocenters. The third kappa shape index (κ3) is 6.93. The highest BCUT2D eigenvalue weighted by Crippen LogP contribution is 2.09. The van der Waals surface area contributed by atoms with Gasteiger partial charge in [0.25, 0.3) is 0 Å². The van der Waals surface area contributed by atoms with Crippen LogP contribution in [0.1, 0.15) is 37.8 Å². The Kier molecular flexibility index (Phi) is 6.92. The molecule has 1 N–H and O–H groups in total. The lowest BCUT2D eigenvalue weighted by Crippen LogP contribution is -2.36. The number of hydrogen-bond donors (Lipinski definition) is 1. The Morgan fingerprint density at radius 1 is 1.24 bits per heavy atom. The second-order valence-corrected chi connectivity index (χ2v) is 5.87. The largest absolute Gasteiger partial charge is 0.481 e. The predicted molar refractivity (Wildman–Crippen MR) is 83.2 cm³/mol. The highest BCUT2D eigenvalue weighted by Gasteiger charge is 2.16. The molecular formula is C17H25NO3. The summed E-state index contributed by atoms with van der Waals surface area (Å²) in [7, 11) is 0. The van der Waals surface area contributed by atoms with Gasteiger partial charge in [0, 0.05) is 19.5 Å². The molecule has 0 saturated heterocycles. The molecule has 116 valence electrons. The number of hydrogen-bond acceptors (Lipinski definition) is 2. The molecular weight excluding hydrogens is 266 g/mol. The van der Waals surface area contributed by atoms with Crippen molar-refractivity contribution in [2.45, 2.75) is 40.0 Å². The van der Waals surface area contributed by atoms with E-state index in [-0.39, 0.29) is 12.3 Å². The normalized spacial score (nSPS) is 10.7. The van der Waals surface area contributed by atoms with Gasteiger partial charge in [-0.15, -0.1) is 0 Å². The number of carboxylic acid groups (broad SMARTS) is 1. The maximum Gasteiger partial charge on any atom is 0.305 e. The molecule has 1 amide bonds. The van der Waals surface area contributed by atoms with Crippen molar-refractivity contribution in [2.24, 2.45) is 5.92 Å². The zero-order valence-corrected chi connectivity index (χ0v) is 13.1. The SMILES string of the molecule is Cc1cccc(CCC(=O)N(CCC(=O)O)CC(C)C)c1. The van der Waals surface area contributed by atoms with E-state index in [1.54, 1.807) is 4.90 Å². The fourth-order valence-corrected chi connectivity index (χ4v) is 2.27. The molecule has 0 radical (unpaired) electrons. The molecule has 0 aliphatic heterocycles. The number of benzene rings is 1. The van der Waals surface area contributed by atoms with E-state index in [1.807, 2.05) is 39.0 Å². The molecule has 1 rings (SSSR count). The third-order valence-corrected chi connectivity index (χ3v) is 3.24. The van der Waals surface area contributed by atoms with Crippen LogP contribution in [0.4, 0.5) is 0 Å². The summed E-state index contributed by atoms with van der Waals surface area (Å²) in [6.07, 6.45) is 1.13. The lowest BCUT2D eigenvalue weighted by Gasteiger charge is -2.24. The molecule has 0 aliphatic rings. The van der Waals surface area contributed by atoms with Gasteiger partial charge in [0.1, 0.15) is 0 Å². The summed E-state index contributed by atoms with van der Waals surface area (Å²) in [4.78, 5) is 24.6. The molecule has 0 spiro atoms. The van der Waals surface area contributed by atoms with E-state index < -0.39 is 5.97 Å². The van der Waals surface area contributed by atoms with Gasteiger partial charge in [0.05, 0.1) is 6.42 Å². The maximum atomic E-state index is 12.3. The smallest absolute Gasteiger partial charge is 0.305 e. The van der Waals surface area contributed by atoms with Crippen molar-refractivity contribution in [3.05, 3.63) is 35.4 Å². The molecule has 0 fully saturated rings. The summed E-state index contributed by atoms with van der Waals surface area (Å²) in [6, 6.07) is 8.12. The van der Waals surface area contributed by atoms with Crippen LogP contribution in [0.15, 0.2) is 24.3 Å². The van der Waals surface area contributed by atoms with Crippen molar-refractivity contribution in [3.63, 3.8) is 0 Å². The van der Waals surface area contributed by atoms with Crippen molar-refractivity contribution in [3.8, 4) is 0 Å². The van der Waals surface area contributed by atoms with E-state index in [9.17, 15) is 9.59 Å². The second-order valence-electron chi connectivity index (χ2n) is 5.87. The van der Waals surface area contributed by atoms with Crippen LogP contribution in [0.25, 0.3) is 0 Å². The fourth-order valence-electron chi connectivity index (χ4n) is 2.27. The number of rotatable bonds is 8. The highest BCUT2D eigenvalue weighted by atomic mass is 16.4. The molecule has 0 atom stereocenters. The minimum Gasteiger partial charge on any atom is -0.481 e. The van der Waals surface area contributed by atoms with Gasteiger partial charge in [-0.05, 0) is 24.8 Å². The summed E-state index contributed by atoms with van der Waals surface area (Å²) < 4.78 is 0. The first-order valence-corrected chi connectivity index (χ1v) is 7.43. The average Bonchev–Trinajstić information content (AvgIpc) is 2.40. The summed E-state index contributed by atoms with van der Waals surface area (Å²) in [5.74, 6) is -0.497. The van der Waals surface area contributed by atoms with Gasteiger partial charge in [-0.1, -0.05) is 43.7 Å². The van der Waals surface area contributed by atoms with E-state index in [1.165, 1.54) is 5.56 Å². The van der Waals surface area contributed by atoms with Crippen molar-refractivity contribution >= 4 is 11.9 Å². The highest BCUT2D eigenvalue weighted by molar-refractivity contribution is 5.77. The van der Waals surface area contributed by atoms with E-state index in [4.69, 9.17) is 5.11 Å². The standard InChI is InChI=1S/C17H25NO3/c1-13(2)12-18(10-9-17(20)21)16(19)8-7-15-6-4-5-14(3)11-15/h4-6,11,13H,7-10,12H2,1-3H3,(H,20,21). The van der Waals surface area contributed by atoms with Crippen LogP contribution in [0.3, 0.4) is 0 Å². The van der Waals surface area contributed by atoms with E-state index in [2.05, 4.69) is 6.07 Å². The number of aliphatic carboxylic acids is 1. The monoisotopic (exact) mass is 291 g/mol. The number of carbonyl (C=O) groups is 2. The van der Waals surface area contributed by atoms with E-state index >= 15 is 0 Å². The Morgan fingerprint density at radius 3 is 2.52 bits per heavy atom. The maximum absolute atomic E-state index is 12.3. The number of nitrogens with zero attached hydrogens (tertiary/aromatic N) is 1. The van der Waals surface area contributed by atoms with Crippen molar-refractivity contribution < 1.29 is 14.7 Å². The first-order valence-electron chi connectivity index (χ1n) is 7.43. The van der Waals surface area contributed by atoms with Crippen LogP contribution in [0, 0.1) is 12.8 Å². The topological polar surface area (TPSA) is 57.6 Å². The van der Waals surface area contributed by atoms with Gasteiger partial charge in [-0.2, -0.15) is 0 Å². The summed E-state index contributed by atoms with van der Waals surface area (Å²) >= 11 is 0. The quantitative estimate of drug-likeness (QED) is 0.801. The van der Waals surface area contributed by atoms with Crippen LogP contribution in [-0.4, -0.2) is 35.0 Å². The molecule has 0 saturated carbocycles. The molecule has 4 heteroatoms. The minimum atomic E-state index is -0.866. The lowest BCUT2D eigenvalue weighted by molar-refractivity contribution is -0.138. The average molecular weight is 291 g/mol.